The van der Waals surface area contributed by atoms with Crippen molar-refractivity contribution < 1.29 is 17.9 Å². The van der Waals surface area contributed by atoms with Crippen LogP contribution in [0.15, 0.2) is 53.4 Å². The van der Waals surface area contributed by atoms with Crippen molar-refractivity contribution in [3.05, 3.63) is 64.7 Å². The van der Waals surface area contributed by atoms with Gasteiger partial charge in [-0.25, -0.2) is 8.42 Å². The van der Waals surface area contributed by atoms with Gasteiger partial charge in [-0.05, 0) is 29.8 Å². The lowest BCUT2D eigenvalue weighted by molar-refractivity contribution is 0.0162. The van der Waals surface area contributed by atoms with E-state index >= 15 is 0 Å². The quantitative estimate of drug-likeness (QED) is 0.774. The van der Waals surface area contributed by atoms with Crippen molar-refractivity contribution in [2.24, 2.45) is 0 Å². The summed E-state index contributed by atoms with van der Waals surface area (Å²) in [5.41, 5.74) is 1.19. The number of rotatable bonds is 6. The Hall–Kier alpha value is -1.93. The summed E-state index contributed by atoms with van der Waals surface area (Å²) in [6, 6.07) is 13.7. The topological polar surface area (TPSA) is 75.7 Å². The first-order valence-electron chi connectivity index (χ1n) is 9.01. The van der Waals surface area contributed by atoms with Gasteiger partial charge in [-0.1, -0.05) is 35.9 Å². The Labute approximate surface area is 170 Å². The number of carbonyl (C=O) groups is 1. The van der Waals surface area contributed by atoms with E-state index in [1.54, 1.807) is 12.1 Å². The van der Waals surface area contributed by atoms with Crippen molar-refractivity contribution >= 4 is 27.3 Å². The standard InChI is InChI=1S/C20H23ClN2O4S/c1-28(25,26)19-5-3-2-4-17(19)20(24)22-14-18(23-10-12-27-13-11-23)15-6-8-16(21)9-7-15/h2-9,18H,10-14H2,1H3,(H,22,24). The molecule has 0 radical (unpaired) electrons. The van der Waals surface area contributed by atoms with Crippen LogP contribution in [0.3, 0.4) is 0 Å². The Bertz CT molecular complexity index is 925. The number of hydrogen-bond donors (Lipinski definition) is 1. The molecular weight excluding hydrogens is 400 g/mol. The number of nitrogens with zero attached hydrogens (tertiary/aromatic N) is 1. The fourth-order valence-electron chi connectivity index (χ4n) is 3.29. The minimum Gasteiger partial charge on any atom is -0.379 e. The molecule has 2 aromatic carbocycles. The largest absolute Gasteiger partial charge is 0.379 e. The van der Waals surface area contributed by atoms with E-state index in [4.69, 9.17) is 16.3 Å². The molecule has 0 saturated carbocycles. The number of benzene rings is 2. The van der Waals surface area contributed by atoms with Crippen LogP contribution in [0, 0.1) is 0 Å². The van der Waals surface area contributed by atoms with Gasteiger partial charge in [0.1, 0.15) is 0 Å². The third kappa shape index (κ3) is 5.11. The molecule has 1 unspecified atom stereocenters. The van der Waals surface area contributed by atoms with Crippen molar-refractivity contribution in [3.63, 3.8) is 0 Å². The van der Waals surface area contributed by atoms with E-state index < -0.39 is 15.7 Å². The average Bonchev–Trinajstić information content (AvgIpc) is 2.69. The number of carbonyl (C=O) groups excluding carboxylic acids is 1. The van der Waals surface area contributed by atoms with Crippen molar-refractivity contribution in [2.45, 2.75) is 10.9 Å². The maximum atomic E-state index is 12.7. The SMILES string of the molecule is CS(=O)(=O)c1ccccc1C(=O)NCC(c1ccc(Cl)cc1)N1CCOCC1. The molecule has 1 aliphatic rings. The third-order valence-electron chi connectivity index (χ3n) is 4.73. The number of nitrogens with one attached hydrogen (secondary N) is 1. The first-order chi connectivity index (χ1) is 13.4. The molecule has 1 heterocycles. The molecular formula is C20H23ClN2O4S. The van der Waals surface area contributed by atoms with Crippen molar-refractivity contribution in [1.29, 1.82) is 0 Å². The molecule has 0 aromatic heterocycles. The first-order valence-corrected chi connectivity index (χ1v) is 11.3. The Morgan fingerprint density at radius 3 is 2.43 bits per heavy atom. The molecule has 2 aromatic rings. The second kappa shape index (κ2) is 9.05. The number of morpholine rings is 1. The van der Waals surface area contributed by atoms with E-state index in [-0.39, 0.29) is 16.5 Å². The van der Waals surface area contributed by atoms with Crippen LogP contribution in [0.4, 0.5) is 0 Å². The van der Waals surface area contributed by atoms with Gasteiger partial charge in [0.15, 0.2) is 9.84 Å². The molecule has 6 nitrogen and oxygen atoms in total. The highest BCUT2D eigenvalue weighted by molar-refractivity contribution is 7.90. The van der Waals surface area contributed by atoms with E-state index in [9.17, 15) is 13.2 Å². The van der Waals surface area contributed by atoms with E-state index in [0.29, 0.717) is 24.8 Å². The van der Waals surface area contributed by atoms with Crippen LogP contribution in [-0.2, 0) is 14.6 Å². The molecule has 1 amide bonds. The highest BCUT2D eigenvalue weighted by Gasteiger charge is 2.24. The predicted molar refractivity (Wildman–Crippen MR) is 108 cm³/mol. The van der Waals surface area contributed by atoms with E-state index in [1.807, 2.05) is 24.3 Å². The molecule has 1 atom stereocenters. The van der Waals surface area contributed by atoms with Gasteiger partial charge in [0, 0.05) is 30.9 Å². The van der Waals surface area contributed by atoms with Crippen molar-refractivity contribution in [3.8, 4) is 0 Å². The predicted octanol–water partition coefficient (Wildman–Crippen LogP) is 2.55. The molecule has 150 valence electrons. The first kappa shape index (κ1) is 20.8. The lowest BCUT2D eigenvalue weighted by Crippen LogP contribution is -2.44. The van der Waals surface area contributed by atoms with Gasteiger partial charge in [0.2, 0.25) is 0 Å². The molecule has 3 rings (SSSR count). The number of ether oxygens (including phenoxy) is 1. The smallest absolute Gasteiger partial charge is 0.252 e. The lowest BCUT2D eigenvalue weighted by Gasteiger charge is -2.35. The molecule has 1 saturated heterocycles. The monoisotopic (exact) mass is 422 g/mol. The van der Waals surface area contributed by atoms with Crippen LogP contribution in [0.2, 0.25) is 5.02 Å². The number of sulfone groups is 1. The summed E-state index contributed by atoms with van der Waals surface area (Å²) in [5.74, 6) is -0.409. The molecule has 0 spiro atoms. The number of amides is 1. The van der Waals surface area contributed by atoms with Crippen LogP contribution in [0.1, 0.15) is 22.0 Å². The summed E-state index contributed by atoms with van der Waals surface area (Å²) in [4.78, 5) is 15.0. The van der Waals surface area contributed by atoms with Crippen molar-refractivity contribution in [2.75, 3.05) is 39.1 Å². The Balaban J connectivity index is 1.80. The molecule has 0 aliphatic carbocycles. The third-order valence-corrected chi connectivity index (χ3v) is 6.14. The average molecular weight is 423 g/mol. The van der Waals surface area contributed by atoms with Crippen molar-refractivity contribution in [1.82, 2.24) is 10.2 Å². The summed E-state index contributed by atoms with van der Waals surface area (Å²) in [5, 5.41) is 3.55. The van der Waals surface area contributed by atoms with E-state index in [0.717, 1.165) is 24.9 Å². The maximum absolute atomic E-state index is 12.7. The minimum absolute atomic E-state index is 0.0296. The molecule has 0 bridgehead atoms. The molecule has 28 heavy (non-hydrogen) atoms. The zero-order chi connectivity index (χ0) is 20.1. The van der Waals surface area contributed by atoms with Gasteiger partial charge in [-0.2, -0.15) is 0 Å². The fourth-order valence-corrected chi connectivity index (χ4v) is 4.31. The molecule has 1 aliphatic heterocycles. The van der Waals surface area contributed by atoms with Gasteiger partial charge in [0.05, 0.1) is 29.7 Å². The van der Waals surface area contributed by atoms with Gasteiger partial charge < -0.3 is 10.1 Å². The van der Waals surface area contributed by atoms with E-state index in [2.05, 4.69) is 10.2 Å². The summed E-state index contributed by atoms with van der Waals surface area (Å²) in [6.07, 6.45) is 1.10. The van der Waals surface area contributed by atoms with Crippen LogP contribution >= 0.6 is 11.6 Å². The second-order valence-electron chi connectivity index (χ2n) is 6.69. The van der Waals surface area contributed by atoms with Gasteiger partial charge in [-0.3, -0.25) is 9.69 Å². The molecule has 1 fully saturated rings. The van der Waals surface area contributed by atoms with Gasteiger partial charge in [0.25, 0.3) is 5.91 Å². The fraction of sp³-hybridized carbons (Fsp3) is 0.350. The zero-order valence-electron chi connectivity index (χ0n) is 15.6. The zero-order valence-corrected chi connectivity index (χ0v) is 17.2. The second-order valence-corrected chi connectivity index (χ2v) is 9.11. The highest BCUT2D eigenvalue weighted by atomic mass is 35.5. The minimum atomic E-state index is -3.50. The van der Waals surface area contributed by atoms with Crippen LogP contribution < -0.4 is 5.32 Å². The van der Waals surface area contributed by atoms with Gasteiger partial charge >= 0.3 is 0 Å². The molecule has 8 heteroatoms. The summed E-state index contributed by atoms with van der Waals surface area (Å²) in [6.45, 7) is 3.12. The summed E-state index contributed by atoms with van der Waals surface area (Å²) >= 11 is 6.01. The lowest BCUT2D eigenvalue weighted by atomic mass is 10.0. The van der Waals surface area contributed by atoms with E-state index in [1.165, 1.54) is 12.1 Å². The summed E-state index contributed by atoms with van der Waals surface area (Å²) < 4.78 is 29.4. The Kier molecular flexibility index (Phi) is 6.72. The Morgan fingerprint density at radius 1 is 1.14 bits per heavy atom. The number of halogens is 1. The highest BCUT2D eigenvalue weighted by Crippen LogP contribution is 2.23. The number of hydrogen-bond acceptors (Lipinski definition) is 5. The van der Waals surface area contributed by atoms with Crippen LogP contribution in [0.5, 0.6) is 0 Å². The summed E-state index contributed by atoms with van der Waals surface area (Å²) in [7, 11) is -3.50. The normalized spacial score (nSPS) is 16.5. The maximum Gasteiger partial charge on any atom is 0.252 e. The van der Waals surface area contributed by atoms with Gasteiger partial charge in [-0.15, -0.1) is 0 Å². The van der Waals surface area contributed by atoms with Crippen LogP contribution in [0.25, 0.3) is 0 Å². The Morgan fingerprint density at radius 2 is 1.79 bits per heavy atom. The molecule has 1 N–H and O–H groups in total. The van der Waals surface area contributed by atoms with Crippen LogP contribution in [-0.4, -0.2) is 58.3 Å².